The summed E-state index contributed by atoms with van der Waals surface area (Å²) < 4.78 is 0. The molecule has 0 rings (SSSR count). The lowest BCUT2D eigenvalue weighted by Crippen LogP contribution is -2.39. The molecule has 1 atom stereocenters. The Hall–Kier alpha value is -0.570. The molecule has 0 aromatic heterocycles. The minimum Gasteiger partial charge on any atom is -0.481 e. The fourth-order valence-electron chi connectivity index (χ4n) is 1.62. The molecule has 0 amide bonds. The third kappa shape index (κ3) is 4.27. The summed E-state index contributed by atoms with van der Waals surface area (Å²) in [4.78, 5) is 12.6. The van der Waals surface area contributed by atoms with Crippen LogP contribution in [0.3, 0.4) is 0 Å². The highest BCUT2D eigenvalue weighted by atomic mass is 16.4. The van der Waals surface area contributed by atoms with Crippen molar-refractivity contribution in [1.82, 2.24) is 4.90 Å². The predicted molar refractivity (Wildman–Crippen MR) is 53.8 cm³/mol. The molecule has 1 unspecified atom stereocenters. The van der Waals surface area contributed by atoms with E-state index in [9.17, 15) is 4.79 Å². The van der Waals surface area contributed by atoms with Crippen LogP contribution >= 0.6 is 0 Å². The van der Waals surface area contributed by atoms with E-state index in [2.05, 4.69) is 18.7 Å². The normalized spacial score (nSPS) is 13.7. The summed E-state index contributed by atoms with van der Waals surface area (Å²) in [6.45, 7) is 6.24. The SMILES string of the molecule is CCC(CC)N(C)C(C)CC(=O)O. The first-order valence-corrected chi connectivity index (χ1v) is 4.96. The van der Waals surface area contributed by atoms with Crippen LogP contribution in [-0.4, -0.2) is 35.1 Å². The van der Waals surface area contributed by atoms with Crippen LogP contribution in [0.25, 0.3) is 0 Å². The maximum Gasteiger partial charge on any atom is 0.304 e. The Morgan fingerprint density at radius 2 is 1.85 bits per heavy atom. The molecule has 3 heteroatoms. The van der Waals surface area contributed by atoms with Crippen LogP contribution in [0.15, 0.2) is 0 Å². The van der Waals surface area contributed by atoms with Gasteiger partial charge in [-0.05, 0) is 26.8 Å². The minimum atomic E-state index is -0.717. The summed E-state index contributed by atoms with van der Waals surface area (Å²) in [6.07, 6.45) is 2.39. The molecule has 0 radical (unpaired) electrons. The summed E-state index contributed by atoms with van der Waals surface area (Å²) in [6, 6.07) is 0.636. The highest BCUT2D eigenvalue weighted by Gasteiger charge is 2.18. The number of hydrogen-bond acceptors (Lipinski definition) is 2. The van der Waals surface area contributed by atoms with Gasteiger partial charge in [0.2, 0.25) is 0 Å². The van der Waals surface area contributed by atoms with Crippen molar-refractivity contribution in [2.24, 2.45) is 0 Å². The van der Waals surface area contributed by atoms with Crippen molar-refractivity contribution in [3.8, 4) is 0 Å². The number of carboxylic acids is 1. The van der Waals surface area contributed by atoms with Gasteiger partial charge in [0, 0.05) is 12.1 Å². The Balaban J connectivity index is 4.05. The smallest absolute Gasteiger partial charge is 0.304 e. The summed E-state index contributed by atoms with van der Waals surface area (Å²) in [5.41, 5.74) is 0. The van der Waals surface area contributed by atoms with E-state index in [1.165, 1.54) is 0 Å². The molecule has 0 aliphatic rings. The molecule has 0 aliphatic carbocycles. The van der Waals surface area contributed by atoms with Gasteiger partial charge in [-0.3, -0.25) is 4.79 Å². The van der Waals surface area contributed by atoms with Crippen LogP contribution in [-0.2, 0) is 4.79 Å². The molecule has 13 heavy (non-hydrogen) atoms. The van der Waals surface area contributed by atoms with Gasteiger partial charge >= 0.3 is 5.97 Å². The molecule has 0 aliphatic heterocycles. The molecule has 0 saturated heterocycles. The Morgan fingerprint density at radius 3 is 2.15 bits per heavy atom. The number of carboxylic acid groups (broad SMARTS) is 1. The molecule has 0 fully saturated rings. The van der Waals surface area contributed by atoms with Crippen LogP contribution in [0, 0.1) is 0 Å². The van der Waals surface area contributed by atoms with E-state index in [-0.39, 0.29) is 12.5 Å². The van der Waals surface area contributed by atoms with E-state index in [4.69, 9.17) is 5.11 Å². The van der Waals surface area contributed by atoms with Crippen molar-refractivity contribution in [2.75, 3.05) is 7.05 Å². The van der Waals surface area contributed by atoms with Crippen LogP contribution in [0.5, 0.6) is 0 Å². The molecular weight excluding hydrogens is 166 g/mol. The maximum absolute atomic E-state index is 10.5. The lowest BCUT2D eigenvalue weighted by atomic mass is 10.1. The zero-order valence-corrected chi connectivity index (χ0v) is 9.08. The zero-order valence-electron chi connectivity index (χ0n) is 9.08. The molecular formula is C10H21NO2. The zero-order chi connectivity index (χ0) is 10.4. The number of rotatable bonds is 6. The van der Waals surface area contributed by atoms with Crippen molar-refractivity contribution in [1.29, 1.82) is 0 Å². The van der Waals surface area contributed by atoms with E-state index in [0.29, 0.717) is 6.04 Å². The van der Waals surface area contributed by atoms with Gasteiger partial charge < -0.3 is 10.0 Å². The van der Waals surface area contributed by atoms with Crippen molar-refractivity contribution in [2.45, 2.75) is 52.1 Å². The lowest BCUT2D eigenvalue weighted by molar-refractivity contribution is -0.138. The Kier molecular flexibility index (Phi) is 5.71. The second kappa shape index (κ2) is 5.97. The van der Waals surface area contributed by atoms with Gasteiger partial charge in [0.25, 0.3) is 0 Å². The van der Waals surface area contributed by atoms with Crippen LogP contribution in [0.2, 0.25) is 0 Å². The summed E-state index contributed by atoms with van der Waals surface area (Å²) >= 11 is 0. The summed E-state index contributed by atoms with van der Waals surface area (Å²) in [5.74, 6) is -0.717. The first kappa shape index (κ1) is 12.4. The van der Waals surface area contributed by atoms with E-state index >= 15 is 0 Å². The van der Waals surface area contributed by atoms with Gasteiger partial charge in [-0.1, -0.05) is 13.8 Å². The third-order valence-electron chi connectivity index (χ3n) is 2.68. The standard InChI is InChI=1S/C10H21NO2/c1-5-9(6-2)11(4)8(3)7-10(12)13/h8-9H,5-7H2,1-4H3,(H,12,13). The molecule has 0 saturated carbocycles. The van der Waals surface area contributed by atoms with Crippen LogP contribution in [0.1, 0.15) is 40.0 Å². The number of carbonyl (C=O) groups is 1. The second-order valence-corrected chi connectivity index (χ2v) is 3.58. The highest BCUT2D eigenvalue weighted by molar-refractivity contribution is 5.67. The Morgan fingerprint density at radius 1 is 1.38 bits per heavy atom. The third-order valence-corrected chi connectivity index (χ3v) is 2.68. The van der Waals surface area contributed by atoms with E-state index in [0.717, 1.165) is 12.8 Å². The first-order valence-electron chi connectivity index (χ1n) is 4.96. The van der Waals surface area contributed by atoms with E-state index in [1.54, 1.807) is 0 Å². The molecule has 78 valence electrons. The topological polar surface area (TPSA) is 40.5 Å². The largest absolute Gasteiger partial charge is 0.481 e. The molecule has 1 N–H and O–H groups in total. The molecule has 0 aromatic carbocycles. The van der Waals surface area contributed by atoms with Crippen molar-refractivity contribution in [3.63, 3.8) is 0 Å². The van der Waals surface area contributed by atoms with Crippen LogP contribution in [0.4, 0.5) is 0 Å². The highest BCUT2D eigenvalue weighted by Crippen LogP contribution is 2.11. The fourth-order valence-corrected chi connectivity index (χ4v) is 1.62. The molecule has 0 spiro atoms. The quantitative estimate of drug-likeness (QED) is 0.691. The average molecular weight is 187 g/mol. The predicted octanol–water partition coefficient (Wildman–Crippen LogP) is 1.97. The Labute approximate surface area is 80.7 Å². The van der Waals surface area contributed by atoms with E-state index < -0.39 is 5.97 Å². The number of aliphatic carboxylic acids is 1. The van der Waals surface area contributed by atoms with Gasteiger partial charge in [0.15, 0.2) is 0 Å². The summed E-state index contributed by atoms with van der Waals surface area (Å²) in [7, 11) is 2.01. The van der Waals surface area contributed by atoms with Gasteiger partial charge in [0.1, 0.15) is 0 Å². The molecule has 3 nitrogen and oxygen atoms in total. The number of nitrogens with zero attached hydrogens (tertiary/aromatic N) is 1. The first-order chi connectivity index (χ1) is 6.02. The van der Waals surface area contributed by atoms with Gasteiger partial charge in [-0.2, -0.15) is 0 Å². The van der Waals surface area contributed by atoms with Crippen molar-refractivity contribution < 1.29 is 9.90 Å². The fraction of sp³-hybridized carbons (Fsp3) is 0.900. The lowest BCUT2D eigenvalue weighted by Gasteiger charge is -2.31. The molecule has 0 aromatic rings. The van der Waals surface area contributed by atoms with Gasteiger partial charge in [0.05, 0.1) is 6.42 Å². The molecule has 0 heterocycles. The van der Waals surface area contributed by atoms with E-state index in [1.807, 2.05) is 14.0 Å². The minimum absolute atomic E-state index is 0.127. The number of hydrogen-bond donors (Lipinski definition) is 1. The average Bonchev–Trinajstić information content (AvgIpc) is 2.05. The monoisotopic (exact) mass is 187 g/mol. The maximum atomic E-state index is 10.5. The van der Waals surface area contributed by atoms with Gasteiger partial charge in [-0.25, -0.2) is 0 Å². The summed E-state index contributed by atoms with van der Waals surface area (Å²) in [5, 5.41) is 8.63. The van der Waals surface area contributed by atoms with Crippen LogP contribution < -0.4 is 0 Å². The molecule has 0 bridgehead atoms. The Bertz CT molecular complexity index is 155. The second-order valence-electron chi connectivity index (χ2n) is 3.58. The van der Waals surface area contributed by atoms with Gasteiger partial charge in [-0.15, -0.1) is 0 Å². The van der Waals surface area contributed by atoms with Crippen molar-refractivity contribution in [3.05, 3.63) is 0 Å². The van der Waals surface area contributed by atoms with Crippen molar-refractivity contribution >= 4 is 5.97 Å².